The van der Waals surface area contributed by atoms with Crippen molar-refractivity contribution in [2.75, 3.05) is 0 Å². The Morgan fingerprint density at radius 3 is 2.36 bits per heavy atom. The van der Waals surface area contributed by atoms with Crippen LogP contribution in [-0.4, -0.2) is 16.9 Å². The van der Waals surface area contributed by atoms with Gasteiger partial charge in [-0.15, -0.1) is 0 Å². The van der Waals surface area contributed by atoms with E-state index in [9.17, 15) is 9.59 Å². The predicted molar refractivity (Wildman–Crippen MR) is 83.3 cm³/mol. The van der Waals surface area contributed by atoms with Crippen LogP contribution >= 0.6 is 11.6 Å². The summed E-state index contributed by atoms with van der Waals surface area (Å²) in [4.78, 5) is 22.0. The fourth-order valence-electron chi connectivity index (χ4n) is 1.74. The van der Waals surface area contributed by atoms with Gasteiger partial charge in [-0.1, -0.05) is 29.8 Å². The first kappa shape index (κ1) is 15.8. The summed E-state index contributed by atoms with van der Waals surface area (Å²) >= 11 is 6.04. The lowest BCUT2D eigenvalue weighted by Crippen LogP contribution is -1.98. The summed E-state index contributed by atoms with van der Waals surface area (Å²) < 4.78 is 5.60. The maximum atomic E-state index is 11.7. The Kier molecular flexibility index (Phi) is 5.33. The second-order valence-corrected chi connectivity index (χ2v) is 4.85. The van der Waals surface area contributed by atoms with Gasteiger partial charge in [0.25, 0.3) is 0 Å². The number of ketones is 1. The third-order valence-electron chi connectivity index (χ3n) is 2.87. The van der Waals surface area contributed by atoms with Crippen molar-refractivity contribution in [3.63, 3.8) is 0 Å². The molecule has 0 aliphatic heterocycles. The molecule has 0 radical (unpaired) electrons. The Labute approximate surface area is 132 Å². The number of carbonyl (C=O) groups excluding carboxylic acids is 1. The first-order valence-corrected chi connectivity index (χ1v) is 6.85. The Balaban J connectivity index is 1.99. The summed E-state index contributed by atoms with van der Waals surface area (Å²) in [6, 6.07) is 13.8. The lowest BCUT2D eigenvalue weighted by Gasteiger charge is -2.08. The van der Waals surface area contributed by atoms with Gasteiger partial charge in [0.05, 0.1) is 0 Å². The largest absolute Gasteiger partial charge is 0.489 e. The molecule has 112 valence electrons. The summed E-state index contributed by atoms with van der Waals surface area (Å²) in [5.74, 6) is -0.938. The number of hydrogen-bond donors (Lipinski definition) is 1. The van der Waals surface area contributed by atoms with Crippen molar-refractivity contribution in [1.29, 1.82) is 0 Å². The molecule has 0 unspecified atom stereocenters. The molecular weight excluding hydrogens is 304 g/mol. The summed E-state index contributed by atoms with van der Waals surface area (Å²) in [5, 5.41) is 9.12. The molecule has 0 aliphatic carbocycles. The van der Waals surface area contributed by atoms with Crippen molar-refractivity contribution < 1.29 is 19.4 Å². The summed E-state index contributed by atoms with van der Waals surface area (Å²) in [6.45, 7) is 0.325. The topological polar surface area (TPSA) is 63.6 Å². The number of halogens is 1. The summed E-state index contributed by atoms with van der Waals surface area (Å²) in [7, 11) is 0. The molecule has 2 aromatic rings. The van der Waals surface area contributed by atoms with E-state index in [0.29, 0.717) is 22.9 Å². The minimum atomic E-state index is -1.16. The van der Waals surface area contributed by atoms with Gasteiger partial charge in [0.1, 0.15) is 12.4 Å². The maximum absolute atomic E-state index is 11.7. The smallest absolute Gasteiger partial charge is 0.328 e. The third kappa shape index (κ3) is 4.46. The van der Waals surface area contributed by atoms with Crippen LogP contribution in [0.3, 0.4) is 0 Å². The quantitative estimate of drug-likeness (QED) is 0.651. The van der Waals surface area contributed by atoms with Gasteiger partial charge in [0.2, 0.25) is 0 Å². The highest BCUT2D eigenvalue weighted by atomic mass is 35.5. The van der Waals surface area contributed by atoms with Crippen molar-refractivity contribution in [2.24, 2.45) is 0 Å². The van der Waals surface area contributed by atoms with Gasteiger partial charge < -0.3 is 9.84 Å². The van der Waals surface area contributed by atoms with Crippen LogP contribution in [0.5, 0.6) is 5.75 Å². The second kappa shape index (κ2) is 7.43. The zero-order chi connectivity index (χ0) is 15.9. The molecule has 0 aliphatic rings. The van der Waals surface area contributed by atoms with Gasteiger partial charge >= 0.3 is 5.97 Å². The van der Waals surface area contributed by atoms with E-state index in [1.807, 2.05) is 18.2 Å². The molecule has 0 saturated heterocycles. The highest BCUT2D eigenvalue weighted by molar-refractivity contribution is 6.31. The molecule has 0 aromatic heterocycles. The number of allylic oxidation sites excluding steroid dienone is 1. The lowest BCUT2D eigenvalue weighted by atomic mass is 10.1. The van der Waals surface area contributed by atoms with Crippen LogP contribution in [0.4, 0.5) is 0 Å². The van der Waals surface area contributed by atoms with Crippen LogP contribution in [0.1, 0.15) is 15.9 Å². The molecule has 1 N–H and O–H groups in total. The molecule has 0 amide bonds. The second-order valence-electron chi connectivity index (χ2n) is 4.44. The number of carboxylic acid groups (broad SMARTS) is 1. The van der Waals surface area contributed by atoms with Crippen LogP contribution in [0.15, 0.2) is 60.7 Å². The van der Waals surface area contributed by atoms with E-state index < -0.39 is 5.97 Å². The highest BCUT2D eigenvalue weighted by Gasteiger charge is 2.04. The molecule has 22 heavy (non-hydrogen) atoms. The number of carbonyl (C=O) groups is 2. The zero-order valence-electron chi connectivity index (χ0n) is 11.5. The summed E-state index contributed by atoms with van der Waals surface area (Å²) in [6.07, 6.45) is 1.83. The fraction of sp³-hybridized carbons (Fsp3) is 0.0588. The minimum absolute atomic E-state index is 0.325. The molecule has 0 heterocycles. The van der Waals surface area contributed by atoms with Crippen LogP contribution < -0.4 is 4.74 Å². The first-order valence-electron chi connectivity index (χ1n) is 6.48. The molecule has 0 bridgehead atoms. The lowest BCUT2D eigenvalue weighted by molar-refractivity contribution is -0.131. The van der Waals surface area contributed by atoms with Crippen molar-refractivity contribution in [3.8, 4) is 5.75 Å². The van der Waals surface area contributed by atoms with Crippen LogP contribution in [0.25, 0.3) is 0 Å². The van der Waals surface area contributed by atoms with Crippen molar-refractivity contribution >= 4 is 23.4 Å². The van der Waals surface area contributed by atoms with Gasteiger partial charge in [-0.25, -0.2) is 4.79 Å². The van der Waals surface area contributed by atoms with Crippen molar-refractivity contribution in [3.05, 3.63) is 76.8 Å². The standard InChI is InChI=1S/C17H13ClO4/c18-15-4-2-1-3-13(15)11-22-14-7-5-12(6-8-14)16(19)9-10-17(20)21/h1-10H,11H2,(H,20,21)/b10-9+. The average molecular weight is 317 g/mol. The minimum Gasteiger partial charge on any atom is -0.489 e. The van der Waals surface area contributed by atoms with E-state index in [2.05, 4.69) is 0 Å². The average Bonchev–Trinajstić information content (AvgIpc) is 2.52. The molecule has 5 heteroatoms. The van der Waals surface area contributed by atoms with Gasteiger partial charge in [-0.3, -0.25) is 4.79 Å². The molecule has 0 fully saturated rings. The fourth-order valence-corrected chi connectivity index (χ4v) is 1.93. The number of benzene rings is 2. The van der Waals surface area contributed by atoms with Gasteiger partial charge in [0.15, 0.2) is 5.78 Å². The van der Waals surface area contributed by atoms with Crippen molar-refractivity contribution in [1.82, 2.24) is 0 Å². The predicted octanol–water partition coefficient (Wildman–Crippen LogP) is 3.74. The molecule has 4 nitrogen and oxygen atoms in total. The third-order valence-corrected chi connectivity index (χ3v) is 3.24. The van der Waals surface area contributed by atoms with E-state index in [-0.39, 0.29) is 5.78 Å². The van der Waals surface area contributed by atoms with Gasteiger partial charge in [0, 0.05) is 22.2 Å². The van der Waals surface area contributed by atoms with E-state index in [4.69, 9.17) is 21.4 Å². The van der Waals surface area contributed by atoms with Crippen molar-refractivity contribution in [2.45, 2.75) is 6.61 Å². The highest BCUT2D eigenvalue weighted by Crippen LogP contribution is 2.19. The normalized spacial score (nSPS) is 10.6. The van der Waals surface area contributed by atoms with Crippen LogP contribution in [-0.2, 0) is 11.4 Å². The molecule has 0 spiro atoms. The van der Waals surface area contributed by atoms with E-state index >= 15 is 0 Å². The monoisotopic (exact) mass is 316 g/mol. The molecular formula is C17H13ClO4. The summed E-state index contributed by atoms with van der Waals surface area (Å²) in [5.41, 5.74) is 1.26. The van der Waals surface area contributed by atoms with Crippen LogP contribution in [0, 0.1) is 0 Å². The van der Waals surface area contributed by atoms with Crippen LogP contribution in [0.2, 0.25) is 5.02 Å². The molecule has 2 aromatic carbocycles. The number of ether oxygens (including phenoxy) is 1. The van der Waals surface area contributed by atoms with E-state index in [0.717, 1.165) is 17.7 Å². The Hall–Kier alpha value is -2.59. The first-order chi connectivity index (χ1) is 10.6. The Morgan fingerprint density at radius 1 is 1.05 bits per heavy atom. The SMILES string of the molecule is O=C(O)/C=C/C(=O)c1ccc(OCc2ccccc2Cl)cc1. The molecule has 2 rings (SSSR count). The molecule has 0 atom stereocenters. The zero-order valence-corrected chi connectivity index (χ0v) is 12.3. The van der Waals surface area contributed by atoms with Gasteiger partial charge in [-0.2, -0.15) is 0 Å². The van der Waals surface area contributed by atoms with E-state index in [1.165, 1.54) is 0 Å². The number of aliphatic carboxylic acids is 1. The number of hydrogen-bond acceptors (Lipinski definition) is 3. The Bertz CT molecular complexity index is 705. The maximum Gasteiger partial charge on any atom is 0.328 e. The number of rotatable bonds is 6. The number of carboxylic acids is 1. The molecule has 0 saturated carbocycles. The Morgan fingerprint density at radius 2 is 1.73 bits per heavy atom. The van der Waals surface area contributed by atoms with E-state index in [1.54, 1.807) is 30.3 Å². The van der Waals surface area contributed by atoms with Gasteiger partial charge in [-0.05, 0) is 36.4 Å².